The van der Waals surface area contributed by atoms with Crippen molar-refractivity contribution in [1.82, 2.24) is 9.55 Å². The molecule has 2 aromatic carbocycles. The number of amides is 1. The summed E-state index contributed by atoms with van der Waals surface area (Å²) in [6.45, 7) is 1.09. The van der Waals surface area contributed by atoms with Gasteiger partial charge < -0.3 is 5.32 Å². The standard InChI is InChI=1S/C18H13ClF3N3O2/c1-10-11(19)5-4-7-12(10)23-15(26)9-25-14-8-3-2-6-13(14)24-16(17(25)27)18(20,21)22/h2-8H,9H2,1H3,(H,23,26). The summed E-state index contributed by atoms with van der Waals surface area (Å²) in [4.78, 5) is 28.1. The van der Waals surface area contributed by atoms with Crippen LogP contribution in [0.2, 0.25) is 5.02 Å². The van der Waals surface area contributed by atoms with Crippen LogP contribution in [0.1, 0.15) is 11.3 Å². The van der Waals surface area contributed by atoms with E-state index in [1.54, 1.807) is 31.2 Å². The van der Waals surface area contributed by atoms with E-state index in [4.69, 9.17) is 11.6 Å². The number of nitrogens with zero attached hydrogens (tertiary/aromatic N) is 2. The average molecular weight is 396 g/mol. The molecule has 0 bridgehead atoms. The summed E-state index contributed by atoms with van der Waals surface area (Å²) in [7, 11) is 0. The van der Waals surface area contributed by atoms with E-state index in [9.17, 15) is 22.8 Å². The minimum atomic E-state index is -4.93. The molecule has 0 saturated heterocycles. The van der Waals surface area contributed by atoms with Crippen LogP contribution in [0.15, 0.2) is 47.3 Å². The normalized spacial score (nSPS) is 11.6. The molecule has 140 valence electrons. The van der Waals surface area contributed by atoms with Crippen LogP contribution in [0, 0.1) is 6.92 Å². The molecule has 0 unspecified atom stereocenters. The molecule has 0 aliphatic heterocycles. The van der Waals surface area contributed by atoms with Gasteiger partial charge in [0, 0.05) is 10.7 Å². The molecule has 1 heterocycles. The number of para-hydroxylation sites is 2. The minimum absolute atomic E-state index is 0.0313. The van der Waals surface area contributed by atoms with E-state index in [-0.39, 0.29) is 11.0 Å². The van der Waals surface area contributed by atoms with Crippen molar-refractivity contribution in [2.75, 3.05) is 5.32 Å². The van der Waals surface area contributed by atoms with Gasteiger partial charge in [0.25, 0.3) is 5.56 Å². The highest BCUT2D eigenvalue weighted by molar-refractivity contribution is 6.31. The lowest BCUT2D eigenvalue weighted by atomic mass is 10.2. The van der Waals surface area contributed by atoms with Crippen LogP contribution < -0.4 is 10.9 Å². The Kier molecular flexibility index (Phi) is 4.93. The highest BCUT2D eigenvalue weighted by Gasteiger charge is 2.37. The Morgan fingerprint density at radius 3 is 2.59 bits per heavy atom. The molecule has 3 aromatic rings. The van der Waals surface area contributed by atoms with Crippen LogP contribution in [0.3, 0.4) is 0 Å². The SMILES string of the molecule is Cc1c(Cl)cccc1NC(=O)Cn1c(=O)c(C(F)(F)F)nc2ccccc21. The van der Waals surface area contributed by atoms with Crippen molar-refractivity contribution in [2.24, 2.45) is 0 Å². The number of rotatable bonds is 3. The molecule has 1 amide bonds. The maximum atomic E-state index is 13.1. The molecule has 3 rings (SSSR count). The monoisotopic (exact) mass is 395 g/mol. The zero-order chi connectivity index (χ0) is 19.8. The van der Waals surface area contributed by atoms with Crippen molar-refractivity contribution in [1.29, 1.82) is 0 Å². The Labute approximate surface area is 156 Å². The van der Waals surface area contributed by atoms with Crippen LogP contribution in [-0.2, 0) is 17.5 Å². The first kappa shape index (κ1) is 18.9. The smallest absolute Gasteiger partial charge is 0.324 e. The Morgan fingerprint density at radius 1 is 1.19 bits per heavy atom. The van der Waals surface area contributed by atoms with Gasteiger partial charge >= 0.3 is 6.18 Å². The van der Waals surface area contributed by atoms with Gasteiger partial charge in [-0.05, 0) is 36.8 Å². The fourth-order valence-electron chi connectivity index (χ4n) is 2.61. The lowest BCUT2D eigenvalue weighted by Crippen LogP contribution is -2.34. The van der Waals surface area contributed by atoms with Crippen LogP contribution in [0.4, 0.5) is 18.9 Å². The number of carbonyl (C=O) groups excluding carboxylic acids is 1. The number of nitrogens with one attached hydrogen (secondary N) is 1. The van der Waals surface area contributed by atoms with E-state index in [0.717, 1.165) is 4.57 Å². The third-order valence-corrected chi connectivity index (χ3v) is 4.37. The molecule has 0 atom stereocenters. The number of hydrogen-bond donors (Lipinski definition) is 1. The van der Waals surface area contributed by atoms with E-state index >= 15 is 0 Å². The fraction of sp³-hybridized carbons (Fsp3) is 0.167. The molecule has 1 N–H and O–H groups in total. The molecule has 0 aliphatic carbocycles. The summed E-state index contributed by atoms with van der Waals surface area (Å²) in [5, 5.41) is 2.99. The summed E-state index contributed by atoms with van der Waals surface area (Å²) in [5.74, 6) is -0.660. The third-order valence-electron chi connectivity index (χ3n) is 3.96. The minimum Gasteiger partial charge on any atom is -0.324 e. The molecule has 9 heteroatoms. The number of alkyl halides is 3. The molecule has 5 nitrogen and oxygen atoms in total. The summed E-state index contributed by atoms with van der Waals surface area (Å²) in [6, 6.07) is 10.7. The molecule has 0 spiro atoms. The van der Waals surface area contributed by atoms with Gasteiger partial charge in [0.1, 0.15) is 6.54 Å². The average Bonchev–Trinajstić information content (AvgIpc) is 2.60. The van der Waals surface area contributed by atoms with Gasteiger partial charge in [-0.15, -0.1) is 0 Å². The molecule has 0 radical (unpaired) electrons. The van der Waals surface area contributed by atoms with Gasteiger partial charge in [0.05, 0.1) is 11.0 Å². The van der Waals surface area contributed by atoms with Crippen molar-refractivity contribution in [3.8, 4) is 0 Å². The molecular weight excluding hydrogens is 383 g/mol. The van der Waals surface area contributed by atoms with Gasteiger partial charge in [0.15, 0.2) is 0 Å². The highest BCUT2D eigenvalue weighted by atomic mass is 35.5. The quantitative estimate of drug-likeness (QED) is 0.728. The lowest BCUT2D eigenvalue weighted by Gasteiger charge is -2.14. The number of halogens is 4. The zero-order valence-corrected chi connectivity index (χ0v) is 14.7. The summed E-state index contributed by atoms with van der Waals surface area (Å²) >= 11 is 5.99. The molecular formula is C18H13ClF3N3O2. The molecule has 0 aliphatic rings. The molecule has 1 aromatic heterocycles. The van der Waals surface area contributed by atoms with Crippen LogP contribution in [0.25, 0.3) is 11.0 Å². The lowest BCUT2D eigenvalue weighted by molar-refractivity contribution is -0.142. The number of aromatic nitrogens is 2. The van der Waals surface area contributed by atoms with Crippen molar-refractivity contribution in [3.63, 3.8) is 0 Å². The van der Waals surface area contributed by atoms with Gasteiger partial charge in [-0.1, -0.05) is 29.8 Å². The predicted octanol–water partition coefficient (Wildman–Crippen LogP) is 4.02. The highest BCUT2D eigenvalue weighted by Crippen LogP contribution is 2.26. The Morgan fingerprint density at radius 2 is 1.89 bits per heavy atom. The molecule has 0 saturated carbocycles. The Hall–Kier alpha value is -2.87. The van der Waals surface area contributed by atoms with E-state index < -0.39 is 29.9 Å². The number of carbonyl (C=O) groups is 1. The van der Waals surface area contributed by atoms with E-state index in [1.165, 1.54) is 18.2 Å². The summed E-state index contributed by atoms with van der Waals surface area (Å²) in [6.07, 6.45) is -4.93. The Balaban J connectivity index is 2.03. The second-order valence-corrected chi connectivity index (χ2v) is 6.21. The van der Waals surface area contributed by atoms with Gasteiger partial charge in [-0.3, -0.25) is 14.2 Å². The maximum Gasteiger partial charge on any atom is 0.438 e. The number of hydrogen-bond acceptors (Lipinski definition) is 3. The van der Waals surface area contributed by atoms with Crippen LogP contribution >= 0.6 is 11.6 Å². The second-order valence-electron chi connectivity index (χ2n) is 5.80. The summed E-state index contributed by atoms with van der Waals surface area (Å²) < 4.78 is 40.2. The summed E-state index contributed by atoms with van der Waals surface area (Å²) in [5.41, 5.74) is -1.82. The first-order valence-corrected chi connectivity index (χ1v) is 8.18. The Bertz CT molecular complexity index is 1090. The fourth-order valence-corrected chi connectivity index (χ4v) is 2.78. The van der Waals surface area contributed by atoms with Gasteiger partial charge in [0.2, 0.25) is 11.6 Å². The van der Waals surface area contributed by atoms with Gasteiger partial charge in [-0.2, -0.15) is 13.2 Å². The largest absolute Gasteiger partial charge is 0.438 e. The number of benzene rings is 2. The first-order valence-electron chi connectivity index (χ1n) is 7.80. The van der Waals surface area contributed by atoms with E-state index in [1.807, 2.05) is 0 Å². The van der Waals surface area contributed by atoms with E-state index in [0.29, 0.717) is 16.3 Å². The van der Waals surface area contributed by atoms with Crippen molar-refractivity contribution < 1.29 is 18.0 Å². The van der Waals surface area contributed by atoms with E-state index in [2.05, 4.69) is 10.3 Å². The van der Waals surface area contributed by atoms with Crippen LogP contribution in [-0.4, -0.2) is 15.5 Å². The second kappa shape index (κ2) is 7.03. The first-order chi connectivity index (χ1) is 12.7. The predicted molar refractivity (Wildman–Crippen MR) is 95.8 cm³/mol. The molecule has 27 heavy (non-hydrogen) atoms. The van der Waals surface area contributed by atoms with Crippen molar-refractivity contribution >= 4 is 34.2 Å². The maximum absolute atomic E-state index is 13.1. The number of fused-ring (bicyclic) bond motifs is 1. The van der Waals surface area contributed by atoms with Crippen LogP contribution in [0.5, 0.6) is 0 Å². The molecule has 0 fully saturated rings. The topological polar surface area (TPSA) is 64.0 Å². The third kappa shape index (κ3) is 3.80. The van der Waals surface area contributed by atoms with Crippen molar-refractivity contribution in [3.05, 3.63) is 69.1 Å². The van der Waals surface area contributed by atoms with Crippen molar-refractivity contribution in [2.45, 2.75) is 19.6 Å². The zero-order valence-electron chi connectivity index (χ0n) is 14.0. The van der Waals surface area contributed by atoms with Gasteiger partial charge in [-0.25, -0.2) is 4.98 Å². The number of anilines is 1.